The summed E-state index contributed by atoms with van der Waals surface area (Å²) in [5.41, 5.74) is 1.68. The first-order valence-electron chi connectivity index (χ1n) is 11.0. The summed E-state index contributed by atoms with van der Waals surface area (Å²) in [6.45, 7) is 2.80. The fourth-order valence-corrected chi connectivity index (χ4v) is 3.86. The van der Waals surface area contributed by atoms with Crippen molar-refractivity contribution in [3.05, 3.63) is 88.5 Å². The van der Waals surface area contributed by atoms with E-state index in [9.17, 15) is 23.1 Å². The third-order valence-corrected chi connectivity index (χ3v) is 5.72. The molecule has 2 N–H and O–H groups in total. The molecule has 0 radical (unpaired) electrons. The molecule has 2 heterocycles. The maximum absolute atomic E-state index is 13.8. The minimum Gasteiger partial charge on any atom is -0.392 e. The Balaban J connectivity index is 1.54. The fraction of sp³-hybridized carbons (Fsp3) is 0.269. The molecule has 0 saturated carbocycles. The van der Waals surface area contributed by atoms with Gasteiger partial charge in [0.1, 0.15) is 6.33 Å². The standard InChI is InChI=1S/C26H23F3N4O2/c1-17-2-4-20(10-19(17)5-3-18-12-30-16-31-13-18)25(35)32-22-7-6-21(24(11-22)26(27,28)29)14-33-9-8-23(34)15-33/h2,4,6-7,10-13,16,23,34H,8-9,14-15H2,1H3,(H,32,35)/t23-/m0/s1. The van der Waals surface area contributed by atoms with Crippen molar-refractivity contribution in [2.75, 3.05) is 18.4 Å². The highest BCUT2D eigenvalue weighted by Crippen LogP contribution is 2.35. The van der Waals surface area contributed by atoms with Gasteiger partial charge in [0.15, 0.2) is 0 Å². The maximum Gasteiger partial charge on any atom is 0.416 e. The maximum atomic E-state index is 13.8. The minimum absolute atomic E-state index is 0.0437. The zero-order valence-corrected chi connectivity index (χ0v) is 18.9. The SMILES string of the molecule is Cc1ccc(C(=O)Nc2ccc(CN3CC[C@H](O)C3)c(C(F)(F)F)c2)cc1C#Cc1cncnc1. The van der Waals surface area contributed by atoms with E-state index in [2.05, 4.69) is 27.1 Å². The molecular formula is C26H23F3N4O2. The van der Waals surface area contributed by atoms with E-state index in [1.165, 1.54) is 18.5 Å². The van der Waals surface area contributed by atoms with Crippen LogP contribution in [0.1, 0.15) is 44.6 Å². The van der Waals surface area contributed by atoms with E-state index in [0.717, 1.165) is 11.6 Å². The molecule has 1 aliphatic heterocycles. The number of carbonyl (C=O) groups excluding carboxylic acids is 1. The monoisotopic (exact) mass is 480 g/mol. The van der Waals surface area contributed by atoms with Crippen LogP contribution in [0.5, 0.6) is 0 Å². The van der Waals surface area contributed by atoms with Gasteiger partial charge in [-0.05, 0) is 48.7 Å². The highest BCUT2D eigenvalue weighted by Gasteiger charge is 2.34. The minimum atomic E-state index is -4.58. The van der Waals surface area contributed by atoms with E-state index in [0.29, 0.717) is 30.6 Å². The largest absolute Gasteiger partial charge is 0.416 e. The summed E-state index contributed by atoms with van der Waals surface area (Å²) >= 11 is 0. The summed E-state index contributed by atoms with van der Waals surface area (Å²) in [7, 11) is 0. The predicted octanol–water partition coefficient (Wildman–Crippen LogP) is 4.02. The molecule has 1 aromatic heterocycles. The molecule has 6 nitrogen and oxygen atoms in total. The number of amides is 1. The van der Waals surface area contributed by atoms with Gasteiger partial charge in [0.05, 0.1) is 17.2 Å². The number of hydrogen-bond acceptors (Lipinski definition) is 5. The van der Waals surface area contributed by atoms with Gasteiger partial charge in [-0.25, -0.2) is 9.97 Å². The van der Waals surface area contributed by atoms with Crippen LogP contribution >= 0.6 is 0 Å². The van der Waals surface area contributed by atoms with Gasteiger partial charge in [0.25, 0.3) is 5.91 Å². The molecule has 4 rings (SSSR count). The Bertz CT molecular complexity index is 1280. The highest BCUT2D eigenvalue weighted by molar-refractivity contribution is 6.04. The van der Waals surface area contributed by atoms with Crippen LogP contribution in [-0.2, 0) is 12.7 Å². The van der Waals surface area contributed by atoms with E-state index in [-0.39, 0.29) is 23.4 Å². The van der Waals surface area contributed by atoms with E-state index in [1.807, 2.05) is 6.92 Å². The second kappa shape index (κ2) is 10.3. The Labute approximate surface area is 200 Å². The number of likely N-dealkylation sites (tertiary alicyclic amines) is 1. The second-order valence-electron chi connectivity index (χ2n) is 8.41. The number of halogens is 3. The van der Waals surface area contributed by atoms with Crippen LogP contribution in [0.3, 0.4) is 0 Å². The number of anilines is 1. The lowest BCUT2D eigenvalue weighted by molar-refractivity contribution is -0.138. The van der Waals surface area contributed by atoms with Crippen molar-refractivity contribution >= 4 is 11.6 Å². The van der Waals surface area contributed by atoms with Crippen molar-refractivity contribution in [1.82, 2.24) is 14.9 Å². The van der Waals surface area contributed by atoms with Crippen molar-refractivity contribution in [2.45, 2.75) is 32.2 Å². The van der Waals surface area contributed by atoms with Gasteiger partial charge in [-0.15, -0.1) is 0 Å². The zero-order chi connectivity index (χ0) is 25.0. The third-order valence-electron chi connectivity index (χ3n) is 5.72. The number of carbonyl (C=O) groups is 1. The summed E-state index contributed by atoms with van der Waals surface area (Å²) in [5, 5.41) is 12.2. The lowest BCUT2D eigenvalue weighted by Crippen LogP contribution is -2.23. The Morgan fingerprint density at radius 2 is 1.94 bits per heavy atom. The number of rotatable bonds is 4. The van der Waals surface area contributed by atoms with Crippen molar-refractivity contribution in [2.24, 2.45) is 0 Å². The average Bonchev–Trinajstić information content (AvgIpc) is 3.24. The zero-order valence-electron chi connectivity index (χ0n) is 18.9. The van der Waals surface area contributed by atoms with E-state index in [4.69, 9.17) is 0 Å². The summed E-state index contributed by atoms with van der Waals surface area (Å²) in [6.07, 6.45) is -0.0264. The first-order valence-corrected chi connectivity index (χ1v) is 11.0. The van der Waals surface area contributed by atoms with Gasteiger partial charge < -0.3 is 10.4 Å². The first kappa shape index (κ1) is 24.4. The van der Waals surface area contributed by atoms with Crippen LogP contribution in [0.2, 0.25) is 0 Å². The number of alkyl halides is 3. The van der Waals surface area contributed by atoms with Gasteiger partial charge in [0, 0.05) is 48.8 Å². The van der Waals surface area contributed by atoms with Gasteiger partial charge in [-0.3, -0.25) is 9.69 Å². The van der Waals surface area contributed by atoms with Crippen molar-refractivity contribution < 1.29 is 23.1 Å². The lowest BCUT2D eigenvalue weighted by atomic mass is 10.0. The quantitative estimate of drug-likeness (QED) is 0.552. The van der Waals surface area contributed by atoms with Crippen molar-refractivity contribution in [3.8, 4) is 11.8 Å². The first-order chi connectivity index (χ1) is 16.7. The van der Waals surface area contributed by atoms with Crippen molar-refractivity contribution in [3.63, 3.8) is 0 Å². The number of aromatic nitrogens is 2. The lowest BCUT2D eigenvalue weighted by Gasteiger charge is -2.20. The summed E-state index contributed by atoms with van der Waals surface area (Å²) in [4.78, 5) is 22.4. The fourth-order valence-electron chi connectivity index (χ4n) is 3.86. The molecule has 2 aromatic carbocycles. The molecule has 35 heavy (non-hydrogen) atoms. The molecule has 0 bridgehead atoms. The number of hydrogen-bond donors (Lipinski definition) is 2. The van der Waals surface area contributed by atoms with Gasteiger partial charge in [-0.1, -0.05) is 24.0 Å². The smallest absolute Gasteiger partial charge is 0.392 e. The number of benzene rings is 2. The van der Waals surface area contributed by atoms with Crippen LogP contribution in [0.15, 0.2) is 55.1 Å². The number of nitrogens with zero attached hydrogens (tertiary/aromatic N) is 3. The van der Waals surface area contributed by atoms with Crippen LogP contribution in [0.25, 0.3) is 0 Å². The molecule has 9 heteroatoms. The second-order valence-corrected chi connectivity index (χ2v) is 8.41. The topological polar surface area (TPSA) is 78.4 Å². The Morgan fingerprint density at radius 3 is 2.63 bits per heavy atom. The summed E-state index contributed by atoms with van der Waals surface area (Å²) < 4.78 is 41.3. The summed E-state index contributed by atoms with van der Waals surface area (Å²) in [5.74, 6) is 5.37. The molecule has 3 aromatic rings. The molecule has 1 fully saturated rings. The van der Waals surface area contributed by atoms with Crippen molar-refractivity contribution in [1.29, 1.82) is 0 Å². The molecule has 0 spiro atoms. The van der Waals surface area contributed by atoms with Crippen LogP contribution < -0.4 is 5.32 Å². The molecule has 1 atom stereocenters. The molecule has 1 saturated heterocycles. The molecule has 180 valence electrons. The molecule has 0 aliphatic carbocycles. The number of aliphatic hydroxyl groups is 1. The van der Waals surface area contributed by atoms with Gasteiger partial charge >= 0.3 is 6.18 Å². The third kappa shape index (κ3) is 6.23. The van der Waals surface area contributed by atoms with E-state index in [1.54, 1.807) is 35.5 Å². The van der Waals surface area contributed by atoms with E-state index < -0.39 is 23.8 Å². The Hall–Kier alpha value is -3.74. The molecule has 0 unspecified atom stereocenters. The normalized spacial score (nSPS) is 16.0. The molecular weight excluding hydrogens is 457 g/mol. The van der Waals surface area contributed by atoms with E-state index >= 15 is 0 Å². The van der Waals surface area contributed by atoms with Gasteiger partial charge in [-0.2, -0.15) is 13.2 Å². The molecule has 1 amide bonds. The Morgan fingerprint density at radius 1 is 1.17 bits per heavy atom. The number of nitrogens with one attached hydrogen (secondary N) is 1. The summed E-state index contributed by atoms with van der Waals surface area (Å²) in [6, 6.07) is 8.70. The number of β-amino-alcohol motifs (C(OH)–C–C–N with tert-alkyl or cyclic N) is 1. The van der Waals surface area contributed by atoms with Crippen LogP contribution in [0.4, 0.5) is 18.9 Å². The number of aryl methyl sites for hydroxylation is 1. The Kier molecular flexibility index (Phi) is 7.15. The highest BCUT2D eigenvalue weighted by atomic mass is 19.4. The molecule has 1 aliphatic rings. The van der Waals surface area contributed by atoms with Crippen LogP contribution in [0, 0.1) is 18.8 Å². The van der Waals surface area contributed by atoms with Crippen LogP contribution in [-0.4, -0.2) is 45.1 Å². The number of aliphatic hydroxyl groups excluding tert-OH is 1. The average molecular weight is 480 g/mol. The van der Waals surface area contributed by atoms with Gasteiger partial charge in [0.2, 0.25) is 0 Å². The predicted molar refractivity (Wildman–Crippen MR) is 124 cm³/mol.